The minimum Gasteiger partial charge on any atom is -0.366 e. The molecule has 0 aliphatic heterocycles. The van der Waals surface area contributed by atoms with E-state index >= 15 is 0 Å². The highest BCUT2D eigenvalue weighted by Gasteiger charge is 2.10. The Morgan fingerprint density at radius 3 is 2.75 bits per heavy atom. The van der Waals surface area contributed by atoms with E-state index in [0.717, 1.165) is 6.07 Å². The minimum atomic E-state index is -0.657. The van der Waals surface area contributed by atoms with Crippen LogP contribution in [0.2, 0.25) is 0 Å². The lowest BCUT2D eigenvalue weighted by molar-refractivity contribution is -0.385. The van der Waals surface area contributed by atoms with Crippen molar-refractivity contribution in [2.75, 3.05) is 5.32 Å². The number of aromatic amines is 1. The van der Waals surface area contributed by atoms with Crippen LogP contribution in [0.5, 0.6) is 0 Å². The van der Waals surface area contributed by atoms with Gasteiger partial charge >= 0.3 is 0 Å². The number of halogens is 1. The number of nitro groups is 1. The molecule has 0 saturated heterocycles. The first-order valence-electron chi connectivity index (χ1n) is 4.50. The van der Waals surface area contributed by atoms with E-state index in [1.165, 1.54) is 12.1 Å². The summed E-state index contributed by atoms with van der Waals surface area (Å²) in [5.41, 5.74) is 0.620. The van der Waals surface area contributed by atoms with Crippen molar-refractivity contribution in [1.29, 1.82) is 0 Å². The Morgan fingerprint density at radius 1 is 1.38 bits per heavy atom. The van der Waals surface area contributed by atoms with Crippen molar-refractivity contribution in [3.8, 4) is 0 Å². The molecule has 0 bridgehead atoms. The molecule has 82 valence electrons. The molecule has 5 nitrogen and oxygen atoms in total. The van der Waals surface area contributed by atoms with Crippen LogP contribution in [0.15, 0.2) is 36.7 Å². The SMILES string of the molecule is O=[N+]([O-])c1ccc(Nc2cc[nH]c2)c(F)c1. The fourth-order valence-corrected chi connectivity index (χ4v) is 1.28. The monoisotopic (exact) mass is 221 g/mol. The zero-order valence-electron chi connectivity index (χ0n) is 8.11. The van der Waals surface area contributed by atoms with Gasteiger partial charge in [0.2, 0.25) is 0 Å². The maximum absolute atomic E-state index is 13.4. The highest BCUT2D eigenvalue weighted by molar-refractivity contribution is 5.61. The van der Waals surface area contributed by atoms with Gasteiger partial charge in [0.1, 0.15) is 0 Å². The van der Waals surface area contributed by atoms with Crippen molar-refractivity contribution in [2.24, 2.45) is 0 Å². The summed E-state index contributed by atoms with van der Waals surface area (Å²) in [5.74, 6) is -0.657. The maximum Gasteiger partial charge on any atom is 0.272 e. The molecule has 0 atom stereocenters. The van der Waals surface area contributed by atoms with Crippen LogP contribution in [-0.4, -0.2) is 9.91 Å². The minimum absolute atomic E-state index is 0.199. The molecule has 2 rings (SSSR count). The van der Waals surface area contributed by atoms with E-state index in [4.69, 9.17) is 0 Å². The van der Waals surface area contributed by atoms with Gasteiger partial charge in [-0.05, 0) is 12.1 Å². The number of non-ortho nitro benzene ring substituents is 1. The second kappa shape index (κ2) is 4.01. The summed E-state index contributed by atoms with van der Waals surface area (Å²) in [7, 11) is 0. The molecule has 2 aromatic rings. The molecule has 1 aromatic heterocycles. The number of nitrogens with one attached hydrogen (secondary N) is 2. The van der Waals surface area contributed by atoms with Gasteiger partial charge < -0.3 is 10.3 Å². The highest BCUT2D eigenvalue weighted by atomic mass is 19.1. The number of rotatable bonds is 3. The number of benzene rings is 1. The van der Waals surface area contributed by atoms with E-state index in [-0.39, 0.29) is 11.4 Å². The number of nitrogens with zero attached hydrogens (tertiary/aromatic N) is 1. The third kappa shape index (κ3) is 2.00. The van der Waals surface area contributed by atoms with Crippen molar-refractivity contribution < 1.29 is 9.31 Å². The van der Waals surface area contributed by atoms with Crippen LogP contribution in [0.25, 0.3) is 0 Å². The molecular formula is C10H8FN3O2. The number of anilines is 2. The molecule has 0 amide bonds. The lowest BCUT2D eigenvalue weighted by Crippen LogP contribution is -1.94. The van der Waals surface area contributed by atoms with E-state index in [9.17, 15) is 14.5 Å². The molecule has 0 aliphatic rings. The average Bonchev–Trinajstić information content (AvgIpc) is 2.73. The summed E-state index contributed by atoms with van der Waals surface area (Å²) in [5, 5.41) is 13.2. The first-order chi connectivity index (χ1) is 7.66. The Kier molecular flexibility index (Phi) is 2.55. The number of H-pyrrole nitrogens is 1. The van der Waals surface area contributed by atoms with E-state index in [2.05, 4.69) is 10.3 Å². The zero-order chi connectivity index (χ0) is 11.5. The summed E-state index contributed by atoms with van der Waals surface area (Å²) in [6.45, 7) is 0. The van der Waals surface area contributed by atoms with Crippen molar-refractivity contribution in [2.45, 2.75) is 0 Å². The normalized spacial score (nSPS) is 10.1. The molecule has 2 N–H and O–H groups in total. The van der Waals surface area contributed by atoms with Gasteiger partial charge in [-0.2, -0.15) is 0 Å². The number of aromatic nitrogens is 1. The Bertz CT molecular complexity index is 511. The summed E-state index contributed by atoms with van der Waals surface area (Å²) in [4.78, 5) is 12.6. The molecule has 6 heteroatoms. The standard InChI is InChI=1S/C10H8FN3O2/c11-9-5-8(14(15)16)1-2-10(9)13-7-3-4-12-6-7/h1-6,12-13H. The first-order valence-corrected chi connectivity index (χ1v) is 4.50. The molecule has 0 saturated carbocycles. The van der Waals surface area contributed by atoms with E-state index in [1.54, 1.807) is 18.5 Å². The third-order valence-corrected chi connectivity index (χ3v) is 2.04. The quantitative estimate of drug-likeness (QED) is 0.618. The molecule has 0 radical (unpaired) electrons. The lowest BCUT2D eigenvalue weighted by atomic mass is 10.2. The van der Waals surface area contributed by atoms with Gasteiger partial charge in [-0.15, -0.1) is 0 Å². The second-order valence-electron chi connectivity index (χ2n) is 3.15. The molecular weight excluding hydrogens is 213 g/mol. The lowest BCUT2D eigenvalue weighted by Gasteiger charge is -2.04. The van der Waals surface area contributed by atoms with E-state index in [0.29, 0.717) is 5.69 Å². The van der Waals surface area contributed by atoms with Crippen LogP contribution in [0.1, 0.15) is 0 Å². The molecule has 0 fully saturated rings. The molecule has 1 heterocycles. The van der Waals surface area contributed by atoms with Gasteiger partial charge in [0.25, 0.3) is 5.69 Å². The van der Waals surface area contributed by atoms with Gasteiger partial charge in [-0.3, -0.25) is 10.1 Å². The van der Waals surface area contributed by atoms with Crippen LogP contribution < -0.4 is 5.32 Å². The Labute approximate surface area is 90.1 Å². The number of hydrogen-bond acceptors (Lipinski definition) is 3. The highest BCUT2D eigenvalue weighted by Crippen LogP contribution is 2.23. The van der Waals surface area contributed by atoms with Gasteiger partial charge in [-0.25, -0.2) is 4.39 Å². The van der Waals surface area contributed by atoms with E-state index in [1.807, 2.05) is 0 Å². The summed E-state index contributed by atoms with van der Waals surface area (Å²) >= 11 is 0. The molecule has 0 aliphatic carbocycles. The third-order valence-electron chi connectivity index (χ3n) is 2.04. The predicted molar refractivity (Wildman–Crippen MR) is 57.1 cm³/mol. The number of nitro benzene ring substituents is 1. The Morgan fingerprint density at radius 2 is 2.19 bits per heavy atom. The van der Waals surface area contributed by atoms with Gasteiger partial charge in [0, 0.05) is 18.5 Å². The fraction of sp³-hybridized carbons (Fsp3) is 0. The largest absolute Gasteiger partial charge is 0.366 e. The molecule has 0 unspecified atom stereocenters. The van der Waals surface area contributed by atoms with Gasteiger partial charge in [0.05, 0.1) is 22.4 Å². The molecule has 0 spiro atoms. The van der Waals surface area contributed by atoms with Crippen LogP contribution in [0.4, 0.5) is 21.5 Å². The van der Waals surface area contributed by atoms with Crippen LogP contribution in [-0.2, 0) is 0 Å². The summed E-state index contributed by atoms with van der Waals surface area (Å²) in [6, 6.07) is 5.19. The summed E-state index contributed by atoms with van der Waals surface area (Å²) in [6.07, 6.45) is 3.34. The zero-order valence-corrected chi connectivity index (χ0v) is 8.11. The van der Waals surface area contributed by atoms with Crippen molar-refractivity contribution in [1.82, 2.24) is 4.98 Å². The Hall–Kier alpha value is -2.37. The first kappa shape index (κ1) is 10.2. The van der Waals surface area contributed by atoms with Gasteiger partial charge in [0.15, 0.2) is 5.82 Å². The van der Waals surface area contributed by atoms with Crippen molar-refractivity contribution in [3.63, 3.8) is 0 Å². The van der Waals surface area contributed by atoms with Gasteiger partial charge in [-0.1, -0.05) is 0 Å². The predicted octanol–water partition coefficient (Wildman–Crippen LogP) is 2.81. The van der Waals surface area contributed by atoms with E-state index < -0.39 is 10.7 Å². The number of hydrogen-bond donors (Lipinski definition) is 2. The van der Waals surface area contributed by atoms with Crippen LogP contribution in [0, 0.1) is 15.9 Å². The summed E-state index contributed by atoms with van der Waals surface area (Å²) < 4.78 is 13.4. The van der Waals surface area contributed by atoms with Crippen LogP contribution in [0.3, 0.4) is 0 Å². The average molecular weight is 221 g/mol. The van der Waals surface area contributed by atoms with Crippen molar-refractivity contribution >= 4 is 17.1 Å². The molecule has 16 heavy (non-hydrogen) atoms. The smallest absolute Gasteiger partial charge is 0.272 e. The molecule has 1 aromatic carbocycles. The van der Waals surface area contributed by atoms with Crippen molar-refractivity contribution in [3.05, 3.63) is 52.6 Å². The Balaban J connectivity index is 2.26. The second-order valence-corrected chi connectivity index (χ2v) is 3.15. The van der Waals surface area contributed by atoms with Crippen LogP contribution >= 0.6 is 0 Å². The fourth-order valence-electron chi connectivity index (χ4n) is 1.28. The topological polar surface area (TPSA) is 71.0 Å². The maximum atomic E-state index is 13.4.